The van der Waals surface area contributed by atoms with Crippen LogP contribution in [0.25, 0.3) is 0 Å². The molecule has 2 rings (SSSR count). The van der Waals surface area contributed by atoms with Gasteiger partial charge >= 0.3 is 0 Å². The largest absolute Gasteiger partial charge is 0.493 e. The highest BCUT2D eigenvalue weighted by molar-refractivity contribution is 6.63. The van der Waals surface area contributed by atoms with Crippen LogP contribution in [-0.4, -0.2) is 11.8 Å². The normalized spacial score (nSPS) is 10.2. The van der Waals surface area contributed by atoms with Crippen molar-refractivity contribution in [1.82, 2.24) is 0 Å². The summed E-state index contributed by atoms with van der Waals surface area (Å²) in [6.45, 7) is 0.242. The Hall–Kier alpha value is -1.42. The highest BCUT2D eigenvalue weighted by Crippen LogP contribution is 2.32. The van der Waals surface area contributed by atoms with E-state index in [-0.39, 0.29) is 13.0 Å². The van der Waals surface area contributed by atoms with E-state index in [4.69, 9.17) is 44.3 Å². The number of hydrogen-bond acceptors (Lipinski definition) is 3. The first-order valence-electron chi connectivity index (χ1n) is 6.09. The highest BCUT2D eigenvalue weighted by Gasteiger charge is 2.04. The van der Waals surface area contributed by atoms with Gasteiger partial charge in [-0.05, 0) is 54.1 Å². The maximum absolute atomic E-state index is 10.6. The van der Waals surface area contributed by atoms with E-state index in [0.717, 1.165) is 0 Å². The monoisotopic (exact) mass is 344 g/mol. The molecule has 0 aliphatic rings. The Kier molecular flexibility index (Phi) is 5.74. The Balaban J connectivity index is 1.97. The zero-order chi connectivity index (χ0) is 15.2. The summed E-state index contributed by atoms with van der Waals surface area (Å²) < 4.78 is 11.0. The molecule has 0 saturated heterocycles. The maximum Gasteiger partial charge on any atom is 0.225 e. The van der Waals surface area contributed by atoms with Crippen molar-refractivity contribution < 1.29 is 14.3 Å². The topological polar surface area (TPSA) is 35.5 Å². The summed E-state index contributed by atoms with van der Waals surface area (Å²) >= 11 is 17.1. The smallest absolute Gasteiger partial charge is 0.225 e. The molecule has 0 heterocycles. The quantitative estimate of drug-likeness (QED) is 0.665. The fourth-order valence-corrected chi connectivity index (χ4v) is 2.06. The van der Waals surface area contributed by atoms with Crippen molar-refractivity contribution in [1.29, 1.82) is 0 Å². The molecule has 0 aliphatic heterocycles. The molecule has 0 fully saturated rings. The lowest BCUT2D eigenvalue weighted by atomic mass is 10.3. The van der Waals surface area contributed by atoms with E-state index in [2.05, 4.69) is 0 Å². The molecule has 0 N–H and O–H groups in total. The van der Waals surface area contributed by atoms with Crippen molar-refractivity contribution in [3.05, 3.63) is 52.5 Å². The molecule has 0 atom stereocenters. The molecule has 0 amide bonds. The number of carbonyl (C=O) groups excluding carboxylic acids is 1. The van der Waals surface area contributed by atoms with Gasteiger partial charge < -0.3 is 9.47 Å². The summed E-state index contributed by atoms with van der Waals surface area (Å²) in [6, 6.07) is 11.9. The van der Waals surface area contributed by atoms with Crippen LogP contribution in [0.1, 0.15) is 6.42 Å². The first-order chi connectivity index (χ1) is 10.0. The van der Waals surface area contributed by atoms with Gasteiger partial charge in [-0.25, -0.2) is 0 Å². The van der Waals surface area contributed by atoms with Crippen molar-refractivity contribution >= 4 is 40.0 Å². The minimum Gasteiger partial charge on any atom is -0.493 e. The number of benzene rings is 2. The lowest BCUT2D eigenvalue weighted by molar-refractivity contribution is -0.112. The third-order valence-corrected chi connectivity index (χ3v) is 3.23. The molecule has 0 bridgehead atoms. The van der Waals surface area contributed by atoms with Crippen molar-refractivity contribution in [2.24, 2.45) is 0 Å². The third-order valence-electron chi connectivity index (χ3n) is 2.51. The zero-order valence-electron chi connectivity index (χ0n) is 10.8. The van der Waals surface area contributed by atoms with Crippen molar-refractivity contribution in [2.75, 3.05) is 6.61 Å². The number of carbonyl (C=O) groups is 1. The van der Waals surface area contributed by atoms with Crippen LogP contribution in [0.4, 0.5) is 0 Å². The van der Waals surface area contributed by atoms with Crippen LogP contribution in [0.5, 0.6) is 17.2 Å². The van der Waals surface area contributed by atoms with E-state index in [9.17, 15) is 4.79 Å². The van der Waals surface area contributed by atoms with Crippen molar-refractivity contribution in [3.8, 4) is 17.2 Å². The molecular formula is C15H11Cl3O3. The second kappa shape index (κ2) is 7.55. The Morgan fingerprint density at radius 2 is 1.67 bits per heavy atom. The Morgan fingerprint density at radius 3 is 2.29 bits per heavy atom. The average Bonchev–Trinajstić information content (AvgIpc) is 2.43. The van der Waals surface area contributed by atoms with Crippen LogP contribution < -0.4 is 9.47 Å². The van der Waals surface area contributed by atoms with Crippen LogP contribution in [0.3, 0.4) is 0 Å². The van der Waals surface area contributed by atoms with Gasteiger partial charge in [-0.15, -0.1) is 0 Å². The van der Waals surface area contributed by atoms with Gasteiger partial charge in [0.05, 0.1) is 18.1 Å². The molecule has 0 aromatic heterocycles. The molecule has 21 heavy (non-hydrogen) atoms. The second-order valence-corrected chi connectivity index (χ2v) is 5.37. The van der Waals surface area contributed by atoms with Gasteiger partial charge in [-0.1, -0.05) is 23.2 Å². The number of halogens is 3. The van der Waals surface area contributed by atoms with Gasteiger partial charge in [0.2, 0.25) is 5.24 Å². The highest BCUT2D eigenvalue weighted by atomic mass is 35.5. The number of ether oxygens (including phenoxy) is 2. The Bertz CT molecular complexity index is 627. The van der Waals surface area contributed by atoms with Gasteiger partial charge in [0.25, 0.3) is 0 Å². The van der Waals surface area contributed by atoms with Crippen LogP contribution in [0.2, 0.25) is 10.0 Å². The van der Waals surface area contributed by atoms with Crippen LogP contribution >= 0.6 is 34.8 Å². The third kappa shape index (κ3) is 5.12. The molecule has 0 unspecified atom stereocenters. The SMILES string of the molecule is O=C(Cl)CCOc1ccc(Oc2ccc(Cl)cc2Cl)cc1. The summed E-state index contributed by atoms with van der Waals surface area (Å²) in [5, 5.41) is 0.556. The maximum atomic E-state index is 10.6. The van der Waals surface area contributed by atoms with E-state index in [1.807, 2.05) is 0 Å². The summed E-state index contributed by atoms with van der Waals surface area (Å²) in [5.74, 6) is 1.75. The number of hydrogen-bond donors (Lipinski definition) is 0. The number of rotatable bonds is 6. The molecule has 2 aromatic rings. The summed E-state index contributed by atoms with van der Waals surface area (Å²) in [6.07, 6.45) is 0.167. The summed E-state index contributed by atoms with van der Waals surface area (Å²) in [5.41, 5.74) is 0. The molecule has 6 heteroatoms. The lowest BCUT2D eigenvalue weighted by Crippen LogP contribution is -2.00. The van der Waals surface area contributed by atoms with Gasteiger partial charge in [-0.2, -0.15) is 0 Å². The van der Waals surface area contributed by atoms with E-state index >= 15 is 0 Å². The fraction of sp³-hybridized carbons (Fsp3) is 0.133. The summed E-state index contributed by atoms with van der Waals surface area (Å²) in [4.78, 5) is 10.6. The van der Waals surface area contributed by atoms with Gasteiger partial charge in [0, 0.05) is 5.02 Å². The predicted octanol–water partition coefficient (Wildman–Crippen LogP) is 5.32. The zero-order valence-corrected chi connectivity index (χ0v) is 13.1. The standard InChI is InChI=1S/C15H11Cl3O3/c16-10-1-6-14(13(17)9-10)21-12-4-2-11(3-5-12)20-8-7-15(18)19/h1-6,9H,7-8H2. The second-order valence-electron chi connectivity index (χ2n) is 4.10. The Morgan fingerprint density at radius 1 is 1.00 bits per heavy atom. The molecule has 0 aliphatic carbocycles. The average molecular weight is 346 g/mol. The first kappa shape index (κ1) is 16.0. The molecule has 110 valence electrons. The van der Waals surface area contributed by atoms with E-state index in [1.54, 1.807) is 42.5 Å². The van der Waals surface area contributed by atoms with Gasteiger partial charge in [0.15, 0.2) is 0 Å². The lowest BCUT2D eigenvalue weighted by Gasteiger charge is -2.09. The molecule has 0 radical (unpaired) electrons. The van der Waals surface area contributed by atoms with E-state index < -0.39 is 5.24 Å². The van der Waals surface area contributed by atoms with Crippen LogP contribution in [-0.2, 0) is 4.79 Å². The Labute approximate surface area is 137 Å². The molecule has 3 nitrogen and oxygen atoms in total. The molecular weight excluding hydrogens is 335 g/mol. The van der Waals surface area contributed by atoms with Gasteiger partial charge in [-0.3, -0.25) is 4.79 Å². The van der Waals surface area contributed by atoms with Crippen LogP contribution in [0, 0.1) is 0 Å². The van der Waals surface area contributed by atoms with Gasteiger partial charge in [0.1, 0.15) is 17.2 Å². The molecule has 2 aromatic carbocycles. The first-order valence-corrected chi connectivity index (χ1v) is 7.22. The minimum absolute atomic E-state index is 0.167. The van der Waals surface area contributed by atoms with Crippen molar-refractivity contribution in [3.63, 3.8) is 0 Å². The van der Waals surface area contributed by atoms with Crippen LogP contribution in [0.15, 0.2) is 42.5 Å². The predicted molar refractivity (Wildman–Crippen MR) is 84.0 cm³/mol. The van der Waals surface area contributed by atoms with E-state index in [1.165, 1.54) is 0 Å². The molecule has 0 saturated carbocycles. The minimum atomic E-state index is -0.424. The van der Waals surface area contributed by atoms with Crippen molar-refractivity contribution in [2.45, 2.75) is 6.42 Å². The fourth-order valence-electron chi connectivity index (χ4n) is 1.54. The van der Waals surface area contributed by atoms with E-state index in [0.29, 0.717) is 27.3 Å². The molecule has 0 spiro atoms. The summed E-state index contributed by atoms with van der Waals surface area (Å²) in [7, 11) is 0.